The van der Waals surface area contributed by atoms with Crippen molar-refractivity contribution in [1.82, 2.24) is 5.32 Å². The predicted molar refractivity (Wildman–Crippen MR) is 109 cm³/mol. The number of ether oxygens (including phenoxy) is 4. The Morgan fingerprint density at radius 3 is 2.31 bits per heavy atom. The van der Waals surface area contributed by atoms with Gasteiger partial charge in [0.2, 0.25) is 0 Å². The Kier molecular flexibility index (Phi) is 8.82. The summed E-state index contributed by atoms with van der Waals surface area (Å²) in [6, 6.07) is 10.5. The van der Waals surface area contributed by atoms with Crippen LogP contribution in [0.4, 0.5) is 0 Å². The molecule has 1 amide bonds. The van der Waals surface area contributed by atoms with Crippen LogP contribution in [0.1, 0.15) is 29.8 Å². The van der Waals surface area contributed by atoms with E-state index in [4.69, 9.17) is 18.9 Å². The van der Waals surface area contributed by atoms with E-state index in [9.17, 15) is 9.59 Å². The summed E-state index contributed by atoms with van der Waals surface area (Å²) in [5.74, 6) is 1.95. The minimum Gasteiger partial charge on any atom is -0.493 e. The summed E-state index contributed by atoms with van der Waals surface area (Å²) < 4.78 is 21.8. The maximum Gasteiger partial charge on any atom is 0.257 e. The summed E-state index contributed by atoms with van der Waals surface area (Å²) in [6.07, 6.45) is 1.35. The third kappa shape index (κ3) is 6.71. The average molecular weight is 401 g/mol. The molecule has 2 rings (SSSR count). The van der Waals surface area contributed by atoms with Crippen molar-refractivity contribution >= 4 is 12.2 Å². The third-order valence-corrected chi connectivity index (χ3v) is 4.03. The van der Waals surface area contributed by atoms with E-state index in [0.29, 0.717) is 61.0 Å². The van der Waals surface area contributed by atoms with Crippen LogP contribution in [-0.4, -0.2) is 45.7 Å². The lowest BCUT2D eigenvalue weighted by molar-refractivity contribution is -0.123. The van der Waals surface area contributed by atoms with Crippen molar-refractivity contribution < 1.29 is 28.5 Å². The summed E-state index contributed by atoms with van der Waals surface area (Å²) >= 11 is 0. The molecule has 1 N–H and O–H groups in total. The zero-order valence-corrected chi connectivity index (χ0v) is 17.0. The van der Waals surface area contributed by atoms with Crippen molar-refractivity contribution in [3.05, 3.63) is 47.5 Å². The molecular formula is C22H27NO6. The summed E-state index contributed by atoms with van der Waals surface area (Å²) in [5.41, 5.74) is 1.47. The first-order valence-electron chi connectivity index (χ1n) is 9.52. The second-order valence-electron chi connectivity index (χ2n) is 6.06. The highest BCUT2D eigenvalue weighted by Crippen LogP contribution is 2.29. The van der Waals surface area contributed by atoms with E-state index in [1.807, 2.05) is 32.0 Å². The van der Waals surface area contributed by atoms with E-state index in [0.717, 1.165) is 5.56 Å². The molecule has 0 aliphatic carbocycles. The fourth-order valence-corrected chi connectivity index (χ4v) is 2.67. The van der Waals surface area contributed by atoms with E-state index in [1.54, 1.807) is 12.1 Å². The van der Waals surface area contributed by atoms with Gasteiger partial charge in [-0.1, -0.05) is 6.07 Å². The summed E-state index contributed by atoms with van der Waals surface area (Å²) in [4.78, 5) is 23.0. The minimum absolute atomic E-state index is 0.174. The molecule has 0 saturated carbocycles. The zero-order valence-electron chi connectivity index (χ0n) is 17.0. The van der Waals surface area contributed by atoms with Gasteiger partial charge in [-0.3, -0.25) is 9.59 Å². The molecule has 7 nitrogen and oxygen atoms in total. The molecule has 0 unspecified atom stereocenters. The molecule has 0 aliphatic rings. The molecule has 0 spiro atoms. The first-order chi connectivity index (χ1) is 14.1. The van der Waals surface area contributed by atoms with Gasteiger partial charge in [-0.05, 0) is 56.2 Å². The molecule has 156 valence electrons. The number of methoxy groups -OCH3 is 1. The molecule has 0 aliphatic heterocycles. The smallest absolute Gasteiger partial charge is 0.257 e. The van der Waals surface area contributed by atoms with E-state index in [2.05, 4.69) is 5.32 Å². The van der Waals surface area contributed by atoms with E-state index >= 15 is 0 Å². The number of hydrogen-bond acceptors (Lipinski definition) is 6. The molecule has 0 aromatic heterocycles. The molecular weight excluding hydrogens is 374 g/mol. The van der Waals surface area contributed by atoms with Crippen molar-refractivity contribution in [2.75, 3.05) is 33.5 Å². The van der Waals surface area contributed by atoms with E-state index in [-0.39, 0.29) is 12.5 Å². The Hall–Kier alpha value is -3.22. The van der Waals surface area contributed by atoms with Crippen LogP contribution in [0.15, 0.2) is 36.4 Å². The fourth-order valence-electron chi connectivity index (χ4n) is 2.67. The number of carbonyl (C=O) groups excluding carboxylic acids is 2. The number of aldehydes is 1. The Morgan fingerprint density at radius 2 is 1.62 bits per heavy atom. The lowest BCUT2D eigenvalue weighted by atomic mass is 10.1. The third-order valence-electron chi connectivity index (χ3n) is 4.03. The maximum atomic E-state index is 12.1. The molecule has 0 radical (unpaired) electrons. The van der Waals surface area contributed by atoms with Crippen LogP contribution in [-0.2, 0) is 11.2 Å². The van der Waals surface area contributed by atoms with Crippen molar-refractivity contribution in [2.24, 2.45) is 0 Å². The summed E-state index contributed by atoms with van der Waals surface area (Å²) in [7, 11) is 1.50. The van der Waals surface area contributed by atoms with Gasteiger partial charge in [0, 0.05) is 12.1 Å². The lowest BCUT2D eigenvalue weighted by Crippen LogP contribution is -2.30. The van der Waals surface area contributed by atoms with Gasteiger partial charge in [0.05, 0.1) is 20.3 Å². The number of hydrogen-bond donors (Lipinski definition) is 1. The molecule has 0 heterocycles. The SMILES string of the molecule is CCOc1ccc(CCNC(=O)COc2cc(C=O)ccc2OC)cc1OCC. The van der Waals surface area contributed by atoms with Gasteiger partial charge in [0.25, 0.3) is 5.91 Å². The molecule has 0 atom stereocenters. The van der Waals surface area contributed by atoms with Gasteiger partial charge in [-0.2, -0.15) is 0 Å². The van der Waals surface area contributed by atoms with Gasteiger partial charge < -0.3 is 24.3 Å². The van der Waals surface area contributed by atoms with Crippen LogP contribution in [0, 0.1) is 0 Å². The van der Waals surface area contributed by atoms with Crippen LogP contribution in [0.2, 0.25) is 0 Å². The van der Waals surface area contributed by atoms with Crippen molar-refractivity contribution in [2.45, 2.75) is 20.3 Å². The average Bonchev–Trinajstić information content (AvgIpc) is 2.74. The first-order valence-corrected chi connectivity index (χ1v) is 9.52. The topological polar surface area (TPSA) is 83.1 Å². The fraction of sp³-hybridized carbons (Fsp3) is 0.364. The zero-order chi connectivity index (χ0) is 21.1. The Bertz CT molecular complexity index is 821. The molecule has 0 fully saturated rings. The predicted octanol–water partition coefficient (Wildman–Crippen LogP) is 3.04. The normalized spacial score (nSPS) is 10.2. The van der Waals surface area contributed by atoms with Crippen molar-refractivity contribution in [1.29, 1.82) is 0 Å². The highest BCUT2D eigenvalue weighted by Gasteiger charge is 2.10. The van der Waals surface area contributed by atoms with Gasteiger partial charge in [-0.15, -0.1) is 0 Å². The molecule has 0 saturated heterocycles. The second kappa shape index (κ2) is 11.6. The van der Waals surface area contributed by atoms with Crippen LogP contribution in [0.3, 0.4) is 0 Å². The summed E-state index contributed by atoms with van der Waals surface area (Å²) in [5, 5.41) is 2.81. The second-order valence-corrected chi connectivity index (χ2v) is 6.06. The summed E-state index contributed by atoms with van der Waals surface area (Å²) in [6.45, 7) is 5.23. The monoisotopic (exact) mass is 401 g/mol. The highest BCUT2D eigenvalue weighted by molar-refractivity contribution is 5.78. The van der Waals surface area contributed by atoms with Gasteiger partial charge in [0.1, 0.15) is 6.29 Å². The highest BCUT2D eigenvalue weighted by atomic mass is 16.5. The van der Waals surface area contributed by atoms with Crippen LogP contribution in [0.5, 0.6) is 23.0 Å². The molecule has 2 aromatic rings. The lowest BCUT2D eigenvalue weighted by Gasteiger charge is -2.13. The Balaban J connectivity index is 1.86. The molecule has 2 aromatic carbocycles. The van der Waals surface area contributed by atoms with E-state index in [1.165, 1.54) is 13.2 Å². The minimum atomic E-state index is -0.264. The number of nitrogens with one attached hydrogen (secondary N) is 1. The largest absolute Gasteiger partial charge is 0.493 e. The number of rotatable bonds is 12. The number of benzene rings is 2. The Morgan fingerprint density at radius 1 is 0.931 bits per heavy atom. The number of amides is 1. The van der Waals surface area contributed by atoms with Crippen LogP contribution >= 0.6 is 0 Å². The van der Waals surface area contributed by atoms with Gasteiger partial charge in [0.15, 0.2) is 29.6 Å². The molecule has 29 heavy (non-hydrogen) atoms. The molecule has 7 heteroatoms. The first kappa shape index (κ1) is 22.1. The van der Waals surface area contributed by atoms with E-state index < -0.39 is 0 Å². The van der Waals surface area contributed by atoms with Crippen molar-refractivity contribution in [3.63, 3.8) is 0 Å². The maximum absolute atomic E-state index is 12.1. The van der Waals surface area contributed by atoms with Crippen LogP contribution < -0.4 is 24.3 Å². The molecule has 0 bridgehead atoms. The number of carbonyl (C=O) groups is 2. The van der Waals surface area contributed by atoms with Crippen molar-refractivity contribution in [3.8, 4) is 23.0 Å². The van der Waals surface area contributed by atoms with Gasteiger partial charge >= 0.3 is 0 Å². The van der Waals surface area contributed by atoms with Gasteiger partial charge in [-0.25, -0.2) is 0 Å². The Labute approximate surface area is 170 Å². The standard InChI is InChI=1S/C22H27NO6/c1-4-27-19-9-6-16(12-21(19)28-5-2)10-11-23-22(25)15-29-20-13-17(14-24)7-8-18(20)26-3/h6-9,12-14H,4-5,10-11,15H2,1-3H3,(H,23,25). The quantitative estimate of drug-likeness (QED) is 0.551. The van der Waals surface area contributed by atoms with Crippen LogP contribution in [0.25, 0.3) is 0 Å².